The van der Waals surface area contributed by atoms with Crippen LogP contribution in [0.4, 0.5) is 5.69 Å². The topological polar surface area (TPSA) is 65.5 Å². The van der Waals surface area contributed by atoms with Crippen molar-refractivity contribution in [3.63, 3.8) is 0 Å². The van der Waals surface area contributed by atoms with Crippen LogP contribution in [-0.2, 0) is 11.3 Å². The summed E-state index contributed by atoms with van der Waals surface area (Å²) in [4.78, 5) is 16.1. The highest BCUT2D eigenvalue weighted by molar-refractivity contribution is 5.90. The second-order valence-electron chi connectivity index (χ2n) is 5.47. The predicted molar refractivity (Wildman–Crippen MR) is 97.7 cm³/mol. The van der Waals surface area contributed by atoms with Crippen molar-refractivity contribution in [3.05, 3.63) is 29.8 Å². The van der Waals surface area contributed by atoms with Gasteiger partial charge in [0.15, 0.2) is 5.96 Å². The Morgan fingerprint density at radius 3 is 2.39 bits per heavy atom. The molecule has 0 aromatic heterocycles. The molecule has 0 aliphatic heterocycles. The van der Waals surface area contributed by atoms with Crippen LogP contribution >= 0.6 is 0 Å². The number of carbonyl (C=O) groups excluding carboxylic acids is 1. The van der Waals surface area contributed by atoms with Gasteiger partial charge in [-0.25, -0.2) is 4.99 Å². The Morgan fingerprint density at radius 2 is 1.78 bits per heavy atom. The van der Waals surface area contributed by atoms with Gasteiger partial charge in [-0.05, 0) is 37.5 Å². The number of amides is 1. The Bertz CT molecular complexity index is 482. The lowest BCUT2D eigenvalue weighted by molar-refractivity contribution is -0.116. The van der Waals surface area contributed by atoms with E-state index in [4.69, 9.17) is 0 Å². The third-order valence-corrected chi connectivity index (χ3v) is 3.30. The molecule has 0 unspecified atom stereocenters. The van der Waals surface area contributed by atoms with E-state index in [0.717, 1.165) is 49.6 Å². The molecule has 5 heteroatoms. The molecule has 23 heavy (non-hydrogen) atoms. The molecule has 5 nitrogen and oxygen atoms in total. The Labute approximate surface area is 140 Å². The Kier molecular flexibility index (Phi) is 9.52. The first kappa shape index (κ1) is 19.0. The number of hydrogen-bond donors (Lipinski definition) is 3. The van der Waals surface area contributed by atoms with Crippen LogP contribution in [0.1, 0.15) is 52.0 Å². The average Bonchev–Trinajstić information content (AvgIpc) is 2.54. The molecule has 1 aromatic rings. The number of unbranched alkanes of at least 4 members (excludes halogenated alkanes) is 1. The van der Waals surface area contributed by atoms with E-state index in [9.17, 15) is 4.79 Å². The molecule has 0 heterocycles. The van der Waals surface area contributed by atoms with Gasteiger partial charge in [-0.2, -0.15) is 0 Å². The fourth-order valence-corrected chi connectivity index (χ4v) is 2.04. The zero-order valence-electron chi connectivity index (χ0n) is 14.6. The monoisotopic (exact) mass is 318 g/mol. The molecule has 1 amide bonds. The van der Waals surface area contributed by atoms with E-state index in [1.165, 1.54) is 0 Å². The molecule has 0 atom stereocenters. The maximum atomic E-state index is 11.6. The largest absolute Gasteiger partial charge is 0.357 e. The number of aliphatic imine (C=N–C) groups is 1. The number of nitrogens with zero attached hydrogens (tertiary/aromatic N) is 1. The number of nitrogens with one attached hydrogen (secondary N) is 3. The van der Waals surface area contributed by atoms with E-state index in [-0.39, 0.29) is 5.91 Å². The van der Waals surface area contributed by atoms with E-state index in [2.05, 4.69) is 34.8 Å². The van der Waals surface area contributed by atoms with E-state index in [1.54, 1.807) is 0 Å². The summed E-state index contributed by atoms with van der Waals surface area (Å²) in [5.74, 6) is 0.911. The highest BCUT2D eigenvalue weighted by Crippen LogP contribution is 2.11. The van der Waals surface area contributed by atoms with Crippen molar-refractivity contribution in [2.24, 2.45) is 4.99 Å². The molecule has 0 spiro atoms. The van der Waals surface area contributed by atoms with E-state index in [1.807, 2.05) is 31.2 Å². The second-order valence-corrected chi connectivity index (χ2v) is 5.47. The standard InChI is InChI=1S/C18H30N4O/c1-4-7-13-20-18(19-6-3)21-14-15-9-11-16(12-10-15)22-17(23)8-5-2/h9-12H,4-8,13-14H2,1-3H3,(H,22,23)(H2,19,20,21). The summed E-state index contributed by atoms with van der Waals surface area (Å²) < 4.78 is 0. The normalized spacial score (nSPS) is 11.2. The molecule has 0 aliphatic rings. The van der Waals surface area contributed by atoms with Gasteiger partial charge in [0.1, 0.15) is 0 Å². The van der Waals surface area contributed by atoms with Crippen molar-refractivity contribution in [2.75, 3.05) is 18.4 Å². The zero-order valence-corrected chi connectivity index (χ0v) is 14.6. The van der Waals surface area contributed by atoms with Gasteiger partial charge < -0.3 is 16.0 Å². The summed E-state index contributed by atoms with van der Waals surface area (Å²) in [6, 6.07) is 7.85. The minimum Gasteiger partial charge on any atom is -0.357 e. The van der Waals surface area contributed by atoms with Crippen LogP contribution in [0.2, 0.25) is 0 Å². The highest BCUT2D eigenvalue weighted by atomic mass is 16.1. The quantitative estimate of drug-likeness (QED) is 0.372. The van der Waals surface area contributed by atoms with Crippen LogP contribution in [0, 0.1) is 0 Å². The van der Waals surface area contributed by atoms with E-state index < -0.39 is 0 Å². The lowest BCUT2D eigenvalue weighted by Crippen LogP contribution is -2.37. The van der Waals surface area contributed by atoms with Gasteiger partial charge in [-0.3, -0.25) is 4.79 Å². The highest BCUT2D eigenvalue weighted by Gasteiger charge is 2.01. The molecule has 0 saturated heterocycles. The molecule has 0 saturated carbocycles. The second kappa shape index (κ2) is 11.5. The Balaban J connectivity index is 2.54. The van der Waals surface area contributed by atoms with Gasteiger partial charge in [0.2, 0.25) is 5.91 Å². The fourth-order valence-electron chi connectivity index (χ4n) is 2.04. The van der Waals surface area contributed by atoms with Crippen LogP contribution in [0.25, 0.3) is 0 Å². The SMILES string of the molecule is CCCCNC(=NCc1ccc(NC(=O)CCC)cc1)NCC. The summed E-state index contributed by atoms with van der Waals surface area (Å²) in [7, 11) is 0. The number of anilines is 1. The van der Waals surface area contributed by atoms with Crippen LogP contribution in [-0.4, -0.2) is 25.0 Å². The first-order valence-corrected chi connectivity index (χ1v) is 8.60. The first-order valence-electron chi connectivity index (χ1n) is 8.60. The van der Waals surface area contributed by atoms with Crippen LogP contribution < -0.4 is 16.0 Å². The molecule has 1 rings (SSSR count). The minimum absolute atomic E-state index is 0.0628. The van der Waals surface area contributed by atoms with E-state index in [0.29, 0.717) is 13.0 Å². The average molecular weight is 318 g/mol. The lowest BCUT2D eigenvalue weighted by Gasteiger charge is -2.11. The van der Waals surface area contributed by atoms with Crippen molar-refractivity contribution in [2.45, 2.75) is 53.0 Å². The van der Waals surface area contributed by atoms with Crippen molar-refractivity contribution >= 4 is 17.6 Å². The number of benzene rings is 1. The van der Waals surface area contributed by atoms with Crippen molar-refractivity contribution in [1.29, 1.82) is 0 Å². The maximum Gasteiger partial charge on any atom is 0.224 e. The molecular weight excluding hydrogens is 288 g/mol. The Morgan fingerprint density at radius 1 is 1.04 bits per heavy atom. The molecule has 0 fully saturated rings. The van der Waals surface area contributed by atoms with Crippen LogP contribution in [0.15, 0.2) is 29.3 Å². The van der Waals surface area contributed by atoms with Gasteiger partial charge in [-0.15, -0.1) is 0 Å². The summed E-state index contributed by atoms with van der Waals surface area (Å²) in [6.45, 7) is 8.63. The molecule has 128 valence electrons. The summed E-state index contributed by atoms with van der Waals surface area (Å²) >= 11 is 0. The van der Waals surface area contributed by atoms with Crippen molar-refractivity contribution < 1.29 is 4.79 Å². The van der Waals surface area contributed by atoms with Crippen molar-refractivity contribution in [1.82, 2.24) is 10.6 Å². The van der Waals surface area contributed by atoms with Crippen LogP contribution in [0.5, 0.6) is 0 Å². The minimum atomic E-state index is 0.0628. The smallest absolute Gasteiger partial charge is 0.224 e. The van der Waals surface area contributed by atoms with Gasteiger partial charge in [0, 0.05) is 25.2 Å². The predicted octanol–water partition coefficient (Wildman–Crippen LogP) is 3.28. The summed E-state index contributed by atoms with van der Waals surface area (Å²) in [6.07, 6.45) is 3.71. The first-order chi connectivity index (χ1) is 11.2. The lowest BCUT2D eigenvalue weighted by atomic mass is 10.2. The van der Waals surface area contributed by atoms with E-state index >= 15 is 0 Å². The molecule has 3 N–H and O–H groups in total. The third kappa shape index (κ3) is 8.24. The summed E-state index contributed by atoms with van der Waals surface area (Å²) in [5.41, 5.74) is 1.95. The summed E-state index contributed by atoms with van der Waals surface area (Å²) in [5, 5.41) is 9.46. The maximum absolute atomic E-state index is 11.6. The third-order valence-electron chi connectivity index (χ3n) is 3.30. The Hall–Kier alpha value is -2.04. The molecular formula is C18H30N4O. The van der Waals surface area contributed by atoms with Gasteiger partial charge >= 0.3 is 0 Å². The molecule has 0 bridgehead atoms. The fraction of sp³-hybridized carbons (Fsp3) is 0.556. The van der Waals surface area contributed by atoms with Gasteiger partial charge in [0.05, 0.1) is 6.54 Å². The number of carbonyl (C=O) groups is 1. The molecule has 0 radical (unpaired) electrons. The van der Waals surface area contributed by atoms with Gasteiger partial charge in [-0.1, -0.05) is 32.4 Å². The number of guanidine groups is 1. The molecule has 1 aromatic carbocycles. The zero-order chi connectivity index (χ0) is 16.9. The number of rotatable bonds is 9. The van der Waals surface area contributed by atoms with Gasteiger partial charge in [0.25, 0.3) is 0 Å². The number of hydrogen-bond acceptors (Lipinski definition) is 2. The van der Waals surface area contributed by atoms with Crippen molar-refractivity contribution in [3.8, 4) is 0 Å². The molecule has 0 aliphatic carbocycles. The van der Waals surface area contributed by atoms with Crippen LogP contribution in [0.3, 0.4) is 0 Å².